The Hall–Kier alpha value is -3.11. The molecule has 2 aromatic rings. The molecule has 1 saturated heterocycles. The fourth-order valence-corrected chi connectivity index (χ4v) is 4.77. The highest BCUT2D eigenvalue weighted by atomic mass is 19.4. The van der Waals surface area contributed by atoms with Gasteiger partial charge >= 0.3 is 6.18 Å². The molecule has 1 fully saturated rings. The standard InChI is InChI=1S/C27H29F3N4/c1-3-22-14-25(15-24(32-22)6-9-27(28,29)30)33-23-7-10-34(11-8-23)17-21-5-4-20-12-19(16-31)13-26(20)18(21)2/h3-5,13-15,23H,1,6-12,17H2,2H3,(H,32,33). The van der Waals surface area contributed by atoms with E-state index in [2.05, 4.69) is 46.9 Å². The number of nitriles is 1. The van der Waals surface area contributed by atoms with Crippen molar-refractivity contribution in [1.29, 1.82) is 5.26 Å². The molecule has 0 unspecified atom stereocenters. The molecule has 1 N–H and O–H groups in total. The lowest BCUT2D eigenvalue weighted by Crippen LogP contribution is -2.38. The number of fused-ring (bicyclic) bond motifs is 1. The molecule has 1 aromatic heterocycles. The van der Waals surface area contributed by atoms with Gasteiger partial charge in [-0.05, 0) is 72.7 Å². The molecule has 7 heteroatoms. The van der Waals surface area contributed by atoms with Crippen molar-refractivity contribution in [2.45, 2.75) is 57.8 Å². The number of halogens is 3. The first kappa shape index (κ1) is 24.0. The van der Waals surface area contributed by atoms with Gasteiger partial charge in [0.2, 0.25) is 0 Å². The van der Waals surface area contributed by atoms with Crippen LogP contribution >= 0.6 is 0 Å². The van der Waals surface area contributed by atoms with E-state index in [4.69, 9.17) is 0 Å². The summed E-state index contributed by atoms with van der Waals surface area (Å²) in [6.07, 6.45) is 0.996. The number of benzene rings is 1. The molecule has 0 radical (unpaired) electrons. The van der Waals surface area contributed by atoms with Crippen molar-refractivity contribution in [3.8, 4) is 6.07 Å². The van der Waals surface area contributed by atoms with Crippen LogP contribution in [-0.4, -0.2) is 35.2 Å². The van der Waals surface area contributed by atoms with E-state index in [0.29, 0.717) is 11.4 Å². The van der Waals surface area contributed by atoms with Gasteiger partial charge in [-0.25, -0.2) is 0 Å². The van der Waals surface area contributed by atoms with Gasteiger partial charge in [0.05, 0.1) is 11.8 Å². The van der Waals surface area contributed by atoms with E-state index in [0.717, 1.165) is 50.2 Å². The second-order valence-corrected chi connectivity index (χ2v) is 9.17. The predicted molar refractivity (Wildman–Crippen MR) is 129 cm³/mol. The number of nitrogens with zero attached hydrogens (tertiary/aromatic N) is 3. The molecule has 1 aliphatic carbocycles. The summed E-state index contributed by atoms with van der Waals surface area (Å²) in [5.41, 5.74) is 7.60. The molecule has 0 amide bonds. The Bertz CT molecular complexity index is 1140. The van der Waals surface area contributed by atoms with E-state index in [-0.39, 0.29) is 12.5 Å². The van der Waals surface area contributed by atoms with Crippen molar-refractivity contribution in [2.24, 2.45) is 0 Å². The third-order valence-corrected chi connectivity index (χ3v) is 6.68. The minimum absolute atomic E-state index is 0.135. The molecule has 0 saturated carbocycles. The molecule has 0 atom stereocenters. The normalized spacial score (nSPS) is 16.6. The Kier molecular flexibility index (Phi) is 7.08. The highest BCUT2D eigenvalue weighted by Crippen LogP contribution is 2.30. The molecule has 0 spiro atoms. The minimum Gasteiger partial charge on any atom is -0.382 e. The van der Waals surface area contributed by atoms with Crippen LogP contribution in [0.25, 0.3) is 12.2 Å². The smallest absolute Gasteiger partial charge is 0.382 e. The summed E-state index contributed by atoms with van der Waals surface area (Å²) in [6, 6.07) is 10.4. The van der Waals surface area contributed by atoms with Gasteiger partial charge in [0.25, 0.3) is 0 Å². The van der Waals surface area contributed by atoms with Gasteiger partial charge in [-0.3, -0.25) is 9.88 Å². The van der Waals surface area contributed by atoms with Crippen molar-refractivity contribution in [3.05, 3.63) is 70.1 Å². The summed E-state index contributed by atoms with van der Waals surface area (Å²) in [7, 11) is 0. The molecule has 1 aromatic carbocycles. The predicted octanol–water partition coefficient (Wildman–Crippen LogP) is 6.07. The number of likely N-dealkylation sites (tertiary alicyclic amines) is 1. The SMILES string of the molecule is C=Cc1cc(NC2CCN(Cc3ccc4c(c3C)C=C(C#N)C4)CC2)cc(CCC(F)(F)F)n1. The number of allylic oxidation sites excluding steroid dienone is 1. The number of pyridine rings is 1. The number of anilines is 1. The van der Waals surface area contributed by atoms with Crippen molar-refractivity contribution in [1.82, 2.24) is 9.88 Å². The third-order valence-electron chi connectivity index (χ3n) is 6.68. The molecular weight excluding hydrogens is 437 g/mol. The van der Waals surface area contributed by atoms with E-state index in [1.54, 1.807) is 12.1 Å². The van der Waals surface area contributed by atoms with E-state index in [1.807, 2.05) is 12.1 Å². The molecule has 4 nitrogen and oxygen atoms in total. The fourth-order valence-electron chi connectivity index (χ4n) is 4.77. The van der Waals surface area contributed by atoms with Crippen LogP contribution in [0, 0.1) is 18.3 Å². The third kappa shape index (κ3) is 5.87. The van der Waals surface area contributed by atoms with Gasteiger partial charge in [0.15, 0.2) is 0 Å². The van der Waals surface area contributed by atoms with Crippen LogP contribution in [-0.2, 0) is 19.4 Å². The topological polar surface area (TPSA) is 52.0 Å². The zero-order chi connectivity index (χ0) is 24.3. The molecule has 0 bridgehead atoms. The molecule has 4 rings (SSSR count). The van der Waals surface area contributed by atoms with Crippen LogP contribution in [0.4, 0.5) is 18.9 Å². The fraction of sp³-hybridized carbons (Fsp3) is 0.407. The number of hydrogen-bond acceptors (Lipinski definition) is 4. The van der Waals surface area contributed by atoms with Gasteiger partial charge in [0, 0.05) is 55.5 Å². The van der Waals surface area contributed by atoms with Crippen LogP contribution in [0.2, 0.25) is 0 Å². The minimum atomic E-state index is -4.20. The van der Waals surface area contributed by atoms with Crippen LogP contribution in [0.3, 0.4) is 0 Å². The Morgan fingerprint density at radius 3 is 2.71 bits per heavy atom. The van der Waals surface area contributed by atoms with Gasteiger partial charge in [-0.1, -0.05) is 18.7 Å². The summed E-state index contributed by atoms with van der Waals surface area (Å²) in [5, 5.41) is 12.7. The summed E-state index contributed by atoms with van der Waals surface area (Å²) in [6.45, 7) is 8.60. The monoisotopic (exact) mass is 466 g/mol. The van der Waals surface area contributed by atoms with Crippen LogP contribution in [0.5, 0.6) is 0 Å². The van der Waals surface area contributed by atoms with Crippen molar-refractivity contribution >= 4 is 17.8 Å². The number of piperidine rings is 1. The van der Waals surface area contributed by atoms with Crippen LogP contribution in [0.15, 0.2) is 36.4 Å². The molecule has 2 aliphatic rings. The van der Waals surface area contributed by atoms with Crippen molar-refractivity contribution in [3.63, 3.8) is 0 Å². The zero-order valence-electron chi connectivity index (χ0n) is 19.4. The molecular formula is C27H29F3N4. The Morgan fingerprint density at radius 1 is 1.26 bits per heavy atom. The quantitative estimate of drug-likeness (QED) is 0.538. The summed E-state index contributed by atoms with van der Waals surface area (Å²) < 4.78 is 37.9. The summed E-state index contributed by atoms with van der Waals surface area (Å²) in [5.74, 6) is 0. The number of nitrogens with one attached hydrogen (secondary N) is 1. The highest BCUT2D eigenvalue weighted by Gasteiger charge is 2.27. The lowest BCUT2D eigenvalue weighted by Gasteiger charge is -2.33. The largest absolute Gasteiger partial charge is 0.389 e. The van der Waals surface area contributed by atoms with Crippen LogP contribution < -0.4 is 5.32 Å². The lowest BCUT2D eigenvalue weighted by atomic mass is 9.97. The first-order valence-corrected chi connectivity index (χ1v) is 11.6. The number of alkyl halides is 3. The molecule has 178 valence electrons. The average Bonchev–Trinajstić information content (AvgIpc) is 3.24. The zero-order valence-corrected chi connectivity index (χ0v) is 19.4. The molecule has 2 heterocycles. The maximum Gasteiger partial charge on any atom is 0.389 e. The Labute approximate surface area is 198 Å². The first-order chi connectivity index (χ1) is 16.2. The maximum atomic E-state index is 12.6. The second-order valence-electron chi connectivity index (χ2n) is 9.17. The van der Waals surface area contributed by atoms with E-state index >= 15 is 0 Å². The van der Waals surface area contributed by atoms with Crippen molar-refractivity contribution < 1.29 is 13.2 Å². The average molecular weight is 467 g/mol. The lowest BCUT2D eigenvalue weighted by molar-refractivity contribution is -0.134. The number of aryl methyl sites for hydroxylation is 1. The summed E-state index contributed by atoms with van der Waals surface area (Å²) in [4.78, 5) is 6.70. The molecule has 1 aliphatic heterocycles. The highest BCUT2D eigenvalue weighted by molar-refractivity contribution is 5.70. The van der Waals surface area contributed by atoms with E-state index in [1.165, 1.54) is 22.3 Å². The molecule has 34 heavy (non-hydrogen) atoms. The van der Waals surface area contributed by atoms with Crippen molar-refractivity contribution in [2.75, 3.05) is 18.4 Å². The van der Waals surface area contributed by atoms with E-state index in [9.17, 15) is 18.4 Å². The second kappa shape index (κ2) is 10.0. The van der Waals surface area contributed by atoms with Gasteiger partial charge in [-0.15, -0.1) is 0 Å². The van der Waals surface area contributed by atoms with Gasteiger partial charge < -0.3 is 5.32 Å². The number of hydrogen-bond donors (Lipinski definition) is 1. The Balaban J connectivity index is 1.35. The van der Waals surface area contributed by atoms with Crippen LogP contribution in [0.1, 0.15) is 52.9 Å². The first-order valence-electron chi connectivity index (χ1n) is 11.6. The maximum absolute atomic E-state index is 12.6. The summed E-state index contributed by atoms with van der Waals surface area (Å²) >= 11 is 0. The van der Waals surface area contributed by atoms with E-state index < -0.39 is 12.6 Å². The number of aromatic nitrogens is 1. The number of rotatable bonds is 7. The Morgan fingerprint density at radius 2 is 2.03 bits per heavy atom. The van der Waals surface area contributed by atoms with Gasteiger partial charge in [-0.2, -0.15) is 18.4 Å². The van der Waals surface area contributed by atoms with Gasteiger partial charge in [0.1, 0.15) is 0 Å².